The molecule has 6 heteroatoms. The van der Waals surface area contributed by atoms with Crippen LogP contribution in [0.25, 0.3) is 0 Å². The zero-order valence-electron chi connectivity index (χ0n) is 14.1. The van der Waals surface area contributed by atoms with Gasteiger partial charge < -0.3 is 4.74 Å². The highest BCUT2D eigenvalue weighted by Gasteiger charge is 2.33. The van der Waals surface area contributed by atoms with Gasteiger partial charge in [-0.2, -0.15) is 13.2 Å². The minimum atomic E-state index is -4.42. The van der Waals surface area contributed by atoms with Gasteiger partial charge in [0, 0.05) is 23.1 Å². The highest BCUT2D eigenvalue weighted by atomic mass is 19.4. The molecule has 0 heterocycles. The van der Waals surface area contributed by atoms with Crippen molar-refractivity contribution < 1.29 is 27.5 Å². The van der Waals surface area contributed by atoms with E-state index in [1.165, 1.54) is 19.2 Å². The highest BCUT2D eigenvalue weighted by molar-refractivity contribution is 6.27. The second-order valence-electron chi connectivity index (χ2n) is 6.02. The predicted octanol–water partition coefficient (Wildman–Crippen LogP) is 4.65. The first-order valence-electron chi connectivity index (χ1n) is 7.86. The SMILES string of the molecule is COc1cccc2c1C(=O)C(Cc1ccc(C(F)(F)F)cc1)=C(C)C2=O. The molecule has 26 heavy (non-hydrogen) atoms. The monoisotopic (exact) mass is 360 g/mol. The number of carbonyl (C=O) groups excluding carboxylic acids is 2. The quantitative estimate of drug-likeness (QED) is 0.800. The summed E-state index contributed by atoms with van der Waals surface area (Å²) in [5, 5.41) is 0. The average Bonchev–Trinajstić information content (AvgIpc) is 2.62. The van der Waals surface area contributed by atoms with Gasteiger partial charge in [0.05, 0.1) is 18.2 Å². The summed E-state index contributed by atoms with van der Waals surface area (Å²) in [6.07, 6.45) is -4.34. The second-order valence-corrected chi connectivity index (χ2v) is 6.02. The van der Waals surface area contributed by atoms with Crippen LogP contribution in [0.5, 0.6) is 5.75 Å². The number of ketones is 2. The molecule has 1 aliphatic carbocycles. The number of allylic oxidation sites excluding steroid dienone is 2. The zero-order chi connectivity index (χ0) is 19.1. The van der Waals surface area contributed by atoms with Gasteiger partial charge in [-0.15, -0.1) is 0 Å². The number of fused-ring (bicyclic) bond motifs is 1. The Kier molecular flexibility index (Phi) is 4.44. The van der Waals surface area contributed by atoms with Crippen LogP contribution < -0.4 is 4.74 Å². The molecule has 0 saturated heterocycles. The third-order valence-corrected chi connectivity index (χ3v) is 4.45. The van der Waals surface area contributed by atoms with Crippen LogP contribution in [0.15, 0.2) is 53.6 Å². The molecule has 0 unspecified atom stereocenters. The molecule has 0 bridgehead atoms. The standard InChI is InChI=1S/C20H15F3O3/c1-11-15(10-12-6-8-13(9-7-12)20(21,22)23)19(25)17-14(18(11)24)4-3-5-16(17)26-2/h3-9H,10H2,1-2H3. The summed E-state index contributed by atoms with van der Waals surface area (Å²) in [5.74, 6) is -0.312. The van der Waals surface area contributed by atoms with Gasteiger partial charge in [-0.1, -0.05) is 24.3 Å². The molecule has 0 amide bonds. The lowest BCUT2D eigenvalue weighted by molar-refractivity contribution is -0.137. The maximum Gasteiger partial charge on any atom is 0.416 e. The summed E-state index contributed by atoms with van der Waals surface area (Å²) >= 11 is 0. The first kappa shape index (κ1) is 17.9. The molecule has 0 aromatic heterocycles. The lowest BCUT2D eigenvalue weighted by Crippen LogP contribution is -2.23. The van der Waals surface area contributed by atoms with E-state index in [0.717, 1.165) is 12.1 Å². The van der Waals surface area contributed by atoms with E-state index >= 15 is 0 Å². The number of rotatable bonds is 3. The third-order valence-electron chi connectivity index (χ3n) is 4.45. The van der Waals surface area contributed by atoms with Gasteiger partial charge >= 0.3 is 6.18 Å². The van der Waals surface area contributed by atoms with Crippen molar-refractivity contribution in [3.05, 3.63) is 75.9 Å². The van der Waals surface area contributed by atoms with E-state index in [1.54, 1.807) is 25.1 Å². The molecule has 2 aromatic rings. The van der Waals surface area contributed by atoms with E-state index in [9.17, 15) is 22.8 Å². The van der Waals surface area contributed by atoms with Gasteiger partial charge in [0.25, 0.3) is 0 Å². The summed E-state index contributed by atoms with van der Waals surface area (Å²) in [6.45, 7) is 1.56. The van der Waals surface area contributed by atoms with Crippen LogP contribution in [0.1, 0.15) is 38.8 Å². The van der Waals surface area contributed by atoms with E-state index in [1.807, 2.05) is 0 Å². The molecule has 0 spiro atoms. The van der Waals surface area contributed by atoms with Crippen molar-refractivity contribution in [1.82, 2.24) is 0 Å². The van der Waals surface area contributed by atoms with Crippen molar-refractivity contribution in [2.75, 3.05) is 7.11 Å². The van der Waals surface area contributed by atoms with Crippen LogP contribution in [0.4, 0.5) is 13.2 Å². The summed E-state index contributed by atoms with van der Waals surface area (Å²) < 4.78 is 43.2. The van der Waals surface area contributed by atoms with Gasteiger partial charge in [0.2, 0.25) is 0 Å². The number of ether oxygens (including phenoxy) is 1. The van der Waals surface area contributed by atoms with Gasteiger partial charge in [-0.25, -0.2) is 0 Å². The van der Waals surface area contributed by atoms with Gasteiger partial charge in [0.15, 0.2) is 11.6 Å². The Bertz CT molecular complexity index is 922. The number of Topliss-reactive ketones (excluding diaryl/α,β-unsaturated/α-hetero) is 2. The summed E-state index contributed by atoms with van der Waals surface area (Å²) in [5.41, 5.74) is 0.815. The first-order chi connectivity index (χ1) is 12.2. The number of halogens is 3. The number of benzene rings is 2. The maximum atomic E-state index is 12.9. The van der Waals surface area contributed by atoms with Crippen molar-refractivity contribution >= 4 is 11.6 Å². The Balaban J connectivity index is 1.99. The second kappa shape index (κ2) is 6.44. The Morgan fingerprint density at radius 1 is 0.962 bits per heavy atom. The number of hydrogen-bond donors (Lipinski definition) is 0. The van der Waals surface area contributed by atoms with Crippen molar-refractivity contribution in [3.63, 3.8) is 0 Å². The largest absolute Gasteiger partial charge is 0.496 e. The minimum Gasteiger partial charge on any atom is -0.496 e. The molecule has 134 valence electrons. The Morgan fingerprint density at radius 2 is 1.62 bits per heavy atom. The molecule has 0 aliphatic heterocycles. The number of alkyl halides is 3. The molecule has 2 aromatic carbocycles. The summed E-state index contributed by atoms with van der Waals surface area (Å²) in [4.78, 5) is 25.5. The van der Waals surface area contributed by atoms with E-state index in [0.29, 0.717) is 16.9 Å². The number of hydrogen-bond acceptors (Lipinski definition) is 3. The summed E-state index contributed by atoms with van der Waals surface area (Å²) in [7, 11) is 1.41. The molecule has 0 saturated carbocycles. The fourth-order valence-electron chi connectivity index (χ4n) is 3.01. The fraction of sp³-hybridized carbons (Fsp3) is 0.200. The Morgan fingerprint density at radius 3 is 2.19 bits per heavy atom. The molecule has 0 fully saturated rings. The predicted molar refractivity (Wildman–Crippen MR) is 89.5 cm³/mol. The number of carbonyl (C=O) groups is 2. The number of methoxy groups -OCH3 is 1. The molecule has 1 aliphatic rings. The van der Waals surface area contributed by atoms with Crippen LogP contribution >= 0.6 is 0 Å². The van der Waals surface area contributed by atoms with Crippen LogP contribution in [0.3, 0.4) is 0 Å². The lowest BCUT2D eigenvalue weighted by Gasteiger charge is -2.21. The molecule has 0 radical (unpaired) electrons. The lowest BCUT2D eigenvalue weighted by atomic mass is 9.82. The van der Waals surface area contributed by atoms with Crippen molar-refractivity contribution in [3.8, 4) is 5.75 Å². The van der Waals surface area contributed by atoms with Crippen LogP contribution in [0, 0.1) is 0 Å². The van der Waals surface area contributed by atoms with E-state index < -0.39 is 11.7 Å². The average molecular weight is 360 g/mol. The normalized spacial score (nSPS) is 14.5. The third kappa shape index (κ3) is 3.03. The Hall–Kier alpha value is -2.89. The maximum absolute atomic E-state index is 12.9. The molecular formula is C20H15F3O3. The van der Waals surface area contributed by atoms with Gasteiger partial charge in [-0.3, -0.25) is 9.59 Å². The van der Waals surface area contributed by atoms with Crippen LogP contribution in [0.2, 0.25) is 0 Å². The topological polar surface area (TPSA) is 43.4 Å². The minimum absolute atomic E-state index is 0.0754. The van der Waals surface area contributed by atoms with Crippen molar-refractivity contribution in [1.29, 1.82) is 0 Å². The van der Waals surface area contributed by atoms with E-state index in [4.69, 9.17) is 4.74 Å². The Labute approximate surface area is 148 Å². The van der Waals surface area contributed by atoms with E-state index in [2.05, 4.69) is 0 Å². The highest BCUT2D eigenvalue weighted by Crippen LogP contribution is 2.34. The smallest absolute Gasteiger partial charge is 0.416 e. The van der Waals surface area contributed by atoms with Gasteiger partial charge in [0.1, 0.15) is 5.75 Å². The summed E-state index contributed by atoms with van der Waals surface area (Å²) in [6, 6.07) is 9.37. The van der Waals surface area contributed by atoms with Crippen LogP contribution in [-0.4, -0.2) is 18.7 Å². The molecule has 0 N–H and O–H groups in total. The van der Waals surface area contributed by atoms with Crippen LogP contribution in [-0.2, 0) is 12.6 Å². The molecule has 3 rings (SSSR count). The first-order valence-corrected chi connectivity index (χ1v) is 7.86. The van der Waals surface area contributed by atoms with E-state index in [-0.39, 0.29) is 34.7 Å². The molecular weight excluding hydrogens is 345 g/mol. The fourth-order valence-corrected chi connectivity index (χ4v) is 3.01. The van der Waals surface area contributed by atoms with Gasteiger partial charge in [-0.05, 0) is 30.7 Å². The van der Waals surface area contributed by atoms with Crippen molar-refractivity contribution in [2.24, 2.45) is 0 Å². The van der Waals surface area contributed by atoms with Crippen molar-refractivity contribution in [2.45, 2.75) is 19.5 Å². The zero-order valence-corrected chi connectivity index (χ0v) is 14.1. The molecule has 3 nitrogen and oxygen atoms in total. The molecule has 0 atom stereocenters.